The highest BCUT2D eigenvalue weighted by Gasteiger charge is 2.19. The minimum Gasteiger partial charge on any atom is -0.497 e. The van der Waals surface area contributed by atoms with E-state index in [2.05, 4.69) is 10.2 Å². The molecule has 9 heteroatoms. The van der Waals surface area contributed by atoms with Gasteiger partial charge < -0.3 is 14.1 Å². The Labute approximate surface area is 195 Å². The van der Waals surface area contributed by atoms with Gasteiger partial charge >= 0.3 is 0 Å². The van der Waals surface area contributed by atoms with Gasteiger partial charge in [0.2, 0.25) is 5.91 Å². The molecular weight excluding hydrogens is 448 g/mol. The summed E-state index contributed by atoms with van der Waals surface area (Å²) in [6.45, 7) is 0.408. The molecule has 4 rings (SSSR count). The van der Waals surface area contributed by atoms with Crippen molar-refractivity contribution in [3.63, 3.8) is 0 Å². The van der Waals surface area contributed by atoms with E-state index in [9.17, 15) is 4.79 Å². The fourth-order valence-electron chi connectivity index (χ4n) is 3.10. The number of amides is 1. The summed E-state index contributed by atoms with van der Waals surface area (Å²) in [5.41, 5.74) is 1.69. The van der Waals surface area contributed by atoms with E-state index >= 15 is 0 Å². The largest absolute Gasteiger partial charge is 0.497 e. The summed E-state index contributed by atoms with van der Waals surface area (Å²) in [6.07, 6.45) is 1.59. The lowest BCUT2D eigenvalue weighted by Crippen LogP contribution is -2.27. The molecule has 1 amide bonds. The number of benzene rings is 2. The molecule has 0 aliphatic rings. The first-order valence-electron chi connectivity index (χ1n) is 9.80. The molecule has 0 aliphatic carbocycles. The van der Waals surface area contributed by atoms with Gasteiger partial charge in [-0.25, -0.2) is 0 Å². The molecule has 7 nitrogen and oxygen atoms in total. The standard InChI is InChI=1S/C23H21ClN4O3S/c1-27(14-20-7-4-12-31-20)21(29)15-32-23-26-25-22(16-5-3-6-19(13-16)30-2)28(23)18-10-8-17(24)9-11-18/h3-13H,14-15H2,1-2H3. The van der Waals surface area contributed by atoms with Crippen LogP contribution in [0.5, 0.6) is 5.75 Å². The molecule has 0 fully saturated rings. The second kappa shape index (κ2) is 9.93. The predicted molar refractivity (Wildman–Crippen MR) is 124 cm³/mol. The van der Waals surface area contributed by atoms with E-state index in [0.717, 1.165) is 22.8 Å². The first kappa shape index (κ1) is 22.0. The zero-order chi connectivity index (χ0) is 22.5. The van der Waals surface area contributed by atoms with Gasteiger partial charge in [-0.1, -0.05) is 35.5 Å². The van der Waals surface area contributed by atoms with Crippen LogP contribution in [-0.4, -0.2) is 45.5 Å². The highest BCUT2D eigenvalue weighted by Crippen LogP contribution is 2.30. The Morgan fingerprint density at radius 1 is 1.16 bits per heavy atom. The molecule has 2 aromatic carbocycles. The number of nitrogens with zero attached hydrogens (tertiary/aromatic N) is 4. The normalized spacial score (nSPS) is 10.8. The topological polar surface area (TPSA) is 73.4 Å². The third-order valence-corrected chi connectivity index (χ3v) is 5.94. The van der Waals surface area contributed by atoms with Crippen LogP contribution < -0.4 is 4.74 Å². The van der Waals surface area contributed by atoms with Crippen LogP contribution in [0.25, 0.3) is 17.1 Å². The molecule has 2 heterocycles. The molecule has 2 aromatic heterocycles. The molecule has 0 bridgehead atoms. The van der Waals surface area contributed by atoms with Crippen molar-refractivity contribution in [3.8, 4) is 22.8 Å². The predicted octanol–water partition coefficient (Wildman–Crippen LogP) is 4.94. The molecule has 0 atom stereocenters. The van der Waals surface area contributed by atoms with Crippen molar-refractivity contribution >= 4 is 29.3 Å². The summed E-state index contributed by atoms with van der Waals surface area (Å²) in [6, 6.07) is 18.7. The smallest absolute Gasteiger partial charge is 0.233 e. The van der Waals surface area contributed by atoms with E-state index in [-0.39, 0.29) is 11.7 Å². The van der Waals surface area contributed by atoms with Gasteiger partial charge in [0.25, 0.3) is 0 Å². The van der Waals surface area contributed by atoms with Crippen LogP contribution in [0.15, 0.2) is 76.5 Å². The zero-order valence-corrected chi connectivity index (χ0v) is 19.1. The molecule has 32 heavy (non-hydrogen) atoms. The van der Waals surface area contributed by atoms with Gasteiger partial charge in [-0.2, -0.15) is 0 Å². The second-order valence-electron chi connectivity index (χ2n) is 6.97. The fraction of sp³-hybridized carbons (Fsp3) is 0.174. The number of halogens is 1. The van der Waals surface area contributed by atoms with Crippen molar-refractivity contribution in [2.24, 2.45) is 0 Å². The van der Waals surface area contributed by atoms with Gasteiger partial charge in [-0.3, -0.25) is 9.36 Å². The van der Waals surface area contributed by atoms with Crippen LogP contribution in [0, 0.1) is 0 Å². The maximum Gasteiger partial charge on any atom is 0.233 e. The lowest BCUT2D eigenvalue weighted by molar-refractivity contribution is -0.127. The van der Waals surface area contributed by atoms with Crippen molar-refractivity contribution in [2.45, 2.75) is 11.7 Å². The maximum absolute atomic E-state index is 12.7. The maximum atomic E-state index is 12.7. The van der Waals surface area contributed by atoms with Crippen LogP contribution in [0.4, 0.5) is 0 Å². The van der Waals surface area contributed by atoms with Gasteiger partial charge in [0, 0.05) is 23.3 Å². The van der Waals surface area contributed by atoms with Gasteiger partial charge in [0.15, 0.2) is 11.0 Å². The average molecular weight is 469 g/mol. The summed E-state index contributed by atoms with van der Waals surface area (Å²) < 4.78 is 12.6. The average Bonchev–Trinajstić information content (AvgIpc) is 3.48. The molecule has 0 spiro atoms. The summed E-state index contributed by atoms with van der Waals surface area (Å²) in [5.74, 6) is 2.26. The van der Waals surface area contributed by atoms with E-state index in [0.29, 0.717) is 22.5 Å². The molecule has 0 N–H and O–H groups in total. The van der Waals surface area contributed by atoms with Gasteiger partial charge in [0.1, 0.15) is 11.5 Å². The lowest BCUT2D eigenvalue weighted by Gasteiger charge is -2.16. The van der Waals surface area contributed by atoms with Crippen LogP contribution in [0.1, 0.15) is 5.76 Å². The van der Waals surface area contributed by atoms with E-state index in [4.69, 9.17) is 20.8 Å². The van der Waals surface area contributed by atoms with Gasteiger partial charge in [-0.05, 0) is 48.5 Å². The van der Waals surface area contributed by atoms with Gasteiger partial charge in [0.05, 0.1) is 25.7 Å². The van der Waals surface area contributed by atoms with Crippen LogP contribution in [0.3, 0.4) is 0 Å². The minimum atomic E-state index is -0.0417. The first-order valence-corrected chi connectivity index (χ1v) is 11.2. The zero-order valence-electron chi connectivity index (χ0n) is 17.6. The van der Waals surface area contributed by atoms with Crippen molar-refractivity contribution in [1.82, 2.24) is 19.7 Å². The molecule has 0 radical (unpaired) electrons. The molecule has 0 saturated heterocycles. The number of hydrogen-bond acceptors (Lipinski definition) is 6. The third-order valence-electron chi connectivity index (χ3n) is 4.77. The number of hydrogen-bond donors (Lipinski definition) is 0. The minimum absolute atomic E-state index is 0.0417. The Balaban J connectivity index is 1.61. The number of rotatable bonds is 8. The number of thioether (sulfide) groups is 1. The summed E-state index contributed by atoms with van der Waals surface area (Å²) in [4.78, 5) is 14.3. The van der Waals surface area contributed by atoms with E-state index in [1.165, 1.54) is 11.8 Å². The third kappa shape index (κ3) is 4.98. The van der Waals surface area contributed by atoms with E-state index < -0.39 is 0 Å². The van der Waals surface area contributed by atoms with Crippen molar-refractivity contribution < 1.29 is 13.9 Å². The quantitative estimate of drug-likeness (QED) is 0.341. The Bertz CT molecular complexity index is 1190. The highest BCUT2D eigenvalue weighted by atomic mass is 35.5. The van der Waals surface area contributed by atoms with Crippen LogP contribution >= 0.6 is 23.4 Å². The number of methoxy groups -OCH3 is 1. The molecule has 0 unspecified atom stereocenters. The molecule has 164 valence electrons. The molecular formula is C23H21ClN4O3S. The Morgan fingerprint density at radius 3 is 2.69 bits per heavy atom. The van der Waals surface area contributed by atoms with Gasteiger partial charge in [-0.15, -0.1) is 10.2 Å². The fourth-order valence-corrected chi connectivity index (χ4v) is 4.11. The first-order chi connectivity index (χ1) is 15.5. The second-order valence-corrected chi connectivity index (χ2v) is 8.35. The Kier molecular flexibility index (Phi) is 6.82. The molecule has 0 saturated carbocycles. The highest BCUT2D eigenvalue weighted by molar-refractivity contribution is 7.99. The van der Waals surface area contributed by atoms with E-state index in [1.54, 1.807) is 31.4 Å². The van der Waals surface area contributed by atoms with E-state index in [1.807, 2.05) is 59.2 Å². The Hall–Kier alpha value is -3.23. The number of ether oxygens (including phenoxy) is 1. The van der Waals surface area contributed by atoms with Crippen molar-refractivity contribution in [1.29, 1.82) is 0 Å². The number of aromatic nitrogens is 3. The Morgan fingerprint density at radius 2 is 1.97 bits per heavy atom. The van der Waals surface area contributed by atoms with Crippen LogP contribution in [-0.2, 0) is 11.3 Å². The van der Waals surface area contributed by atoms with Crippen LogP contribution in [0.2, 0.25) is 5.02 Å². The summed E-state index contributed by atoms with van der Waals surface area (Å²) >= 11 is 7.41. The number of furan rings is 1. The molecule has 0 aliphatic heterocycles. The summed E-state index contributed by atoms with van der Waals surface area (Å²) in [7, 11) is 3.37. The molecule has 4 aromatic rings. The van der Waals surface area contributed by atoms with Crippen molar-refractivity contribution in [3.05, 3.63) is 77.7 Å². The lowest BCUT2D eigenvalue weighted by atomic mass is 10.2. The number of carbonyl (C=O) groups is 1. The SMILES string of the molecule is COc1cccc(-c2nnc(SCC(=O)N(C)Cc3ccco3)n2-c2ccc(Cl)cc2)c1. The number of carbonyl (C=O) groups excluding carboxylic acids is 1. The summed E-state index contributed by atoms with van der Waals surface area (Å²) in [5, 5.41) is 10.0. The van der Waals surface area contributed by atoms with Crippen molar-refractivity contribution in [2.75, 3.05) is 19.9 Å². The monoisotopic (exact) mass is 468 g/mol.